The summed E-state index contributed by atoms with van der Waals surface area (Å²) in [6.45, 7) is 2.28. The average Bonchev–Trinajstić information content (AvgIpc) is 2.47. The van der Waals surface area contributed by atoms with Crippen LogP contribution < -0.4 is 5.32 Å². The third kappa shape index (κ3) is 3.47. The molecule has 5 heteroatoms. The van der Waals surface area contributed by atoms with E-state index in [9.17, 15) is 9.90 Å². The predicted molar refractivity (Wildman–Crippen MR) is 83.0 cm³/mol. The van der Waals surface area contributed by atoms with Crippen molar-refractivity contribution in [1.29, 1.82) is 0 Å². The van der Waals surface area contributed by atoms with Crippen LogP contribution in [0.1, 0.15) is 21.5 Å². The van der Waals surface area contributed by atoms with E-state index in [0.717, 1.165) is 11.3 Å². The number of ether oxygens (including phenoxy) is 1. The third-order valence-corrected chi connectivity index (χ3v) is 3.56. The zero-order chi connectivity index (χ0) is 15.4. The molecule has 2 aromatic rings. The van der Waals surface area contributed by atoms with Crippen LogP contribution in [0.5, 0.6) is 5.75 Å². The Balaban J connectivity index is 2.22. The molecular formula is C16H16ClNO3. The molecule has 0 aliphatic carbocycles. The smallest absolute Gasteiger partial charge is 0.337 e. The van der Waals surface area contributed by atoms with E-state index in [1.807, 2.05) is 13.0 Å². The summed E-state index contributed by atoms with van der Waals surface area (Å²) < 4.78 is 4.70. The molecule has 0 atom stereocenters. The monoisotopic (exact) mass is 305 g/mol. The SMILES string of the molecule is COC(=O)c1ccc(C)c(NCc2c(O)cccc2Cl)c1. The number of aryl methyl sites for hydroxylation is 1. The molecule has 2 rings (SSSR count). The molecule has 0 aliphatic heterocycles. The number of phenols is 1. The van der Waals surface area contributed by atoms with Gasteiger partial charge in [-0.15, -0.1) is 0 Å². The summed E-state index contributed by atoms with van der Waals surface area (Å²) in [5, 5.41) is 13.5. The molecule has 0 unspecified atom stereocenters. The number of aromatic hydroxyl groups is 1. The Morgan fingerprint density at radius 2 is 2.10 bits per heavy atom. The van der Waals surface area contributed by atoms with Gasteiger partial charge in [0.05, 0.1) is 12.7 Å². The number of benzene rings is 2. The molecule has 0 bridgehead atoms. The topological polar surface area (TPSA) is 58.6 Å². The fraction of sp³-hybridized carbons (Fsp3) is 0.188. The van der Waals surface area contributed by atoms with Crippen molar-refractivity contribution >= 4 is 23.3 Å². The standard InChI is InChI=1S/C16H16ClNO3/c1-10-6-7-11(16(20)21-2)8-14(10)18-9-12-13(17)4-3-5-15(12)19/h3-8,18-19H,9H2,1-2H3. The maximum atomic E-state index is 11.5. The molecule has 0 amide bonds. The number of hydrogen-bond donors (Lipinski definition) is 2. The van der Waals surface area contributed by atoms with Crippen LogP contribution in [0, 0.1) is 6.92 Å². The highest BCUT2D eigenvalue weighted by molar-refractivity contribution is 6.31. The molecule has 0 aliphatic rings. The number of phenolic OH excluding ortho intramolecular Hbond substituents is 1. The van der Waals surface area contributed by atoms with Crippen LogP contribution in [0.15, 0.2) is 36.4 Å². The Hall–Kier alpha value is -2.20. The van der Waals surface area contributed by atoms with Crippen LogP contribution in [0.4, 0.5) is 5.69 Å². The Morgan fingerprint density at radius 3 is 2.76 bits per heavy atom. The summed E-state index contributed by atoms with van der Waals surface area (Å²) in [5.74, 6) is -0.254. The summed E-state index contributed by atoms with van der Waals surface area (Å²) in [6, 6.07) is 10.2. The molecule has 0 fully saturated rings. The molecule has 21 heavy (non-hydrogen) atoms. The average molecular weight is 306 g/mol. The van der Waals surface area contributed by atoms with E-state index in [-0.39, 0.29) is 5.75 Å². The van der Waals surface area contributed by atoms with Gasteiger partial charge in [-0.2, -0.15) is 0 Å². The van der Waals surface area contributed by atoms with Gasteiger partial charge in [-0.25, -0.2) is 4.79 Å². The van der Waals surface area contributed by atoms with E-state index in [2.05, 4.69) is 5.32 Å². The van der Waals surface area contributed by atoms with Crippen molar-refractivity contribution < 1.29 is 14.6 Å². The molecule has 2 aromatic carbocycles. The molecule has 0 aromatic heterocycles. The van der Waals surface area contributed by atoms with Gasteiger partial charge in [0.25, 0.3) is 0 Å². The van der Waals surface area contributed by atoms with Crippen LogP contribution in [0.25, 0.3) is 0 Å². The highest BCUT2D eigenvalue weighted by atomic mass is 35.5. The highest BCUT2D eigenvalue weighted by Gasteiger charge is 2.10. The van der Waals surface area contributed by atoms with Gasteiger partial charge in [0.15, 0.2) is 0 Å². The van der Waals surface area contributed by atoms with E-state index in [0.29, 0.717) is 22.7 Å². The maximum Gasteiger partial charge on any atom is 0.337 e. The van der Waals surface area contributed by atoms with Gasteiger partial charge in [-0.05, 0) is 36.8 Å². The molecular weight excluding hydrogens is 290 g/mol. The second-order valence-corrected chi connectivity index (χ2v) is 5.02. The van der Waals surface area contributed by atoms with Gasteiger partial charge < -0.3 is 15.2 Å². The number of carbonyl (C=O) groups is 1. The molecule has 0 heterocycles. The summed E-state index contributed by atoms with van der Waals surface area (Å²) in [4.78, 5) is 11.5. The van der Waals surface area contributed by atoms with E-state index in [4.69, 9.17) is 16.3 Å². The van der Waals surface area contributed by atoms with Crippen molar-refractivity contribution in [3.63, 3.8) is 0 Å². The minimum Gasteiger partial charge on any atom is -0.508 e. The maximum absolute atomic E-state index is 11.5. The molecule has 2 N–H and O–H groups in total. The van der Waals surface area contributed by atoms with Crippen molar-refractivity contribution in [1.82, 2.24) is 0 Å². The lowest BCUT2D eigenvalue weighted by Gasteiger charge is -2.13. The molecule has 0 saturated heterocycles. The van der Waals surface area contributed by atoms with Gasteiger partial charge in [0, 0.05) is 22.8 Å². The summed E-state index contributed by atoms with van der Waals surface area (Å²) >= 11 is 6.07. The van der Waals surface area contributed by atoms with E-state index in [1.165, 1.54) is 7.11 Å². The largest absolute Gasteiger partial charge is 0.508 e. The number of halogens is 1. The second-order valence-electron chi connectivity index (χ2n) is 4.61. The first-order valence-electron chi connectivity index (χ1n) is 6.42. The number of hydrogen-bond acceptors (Lipinski definition) is 4. The number of anilines is 1. The van der Waals surface area contributed by atoms with Crippen molar-refractivity contribution in [2.24, 2.45) is 0 Å². The van der Waals surface area contributed by atoms with Gasteiger partial charge >= 0.3 is 5.97 Å². The number of carbonyl (C=O) groups excluding carboxylic acids is 1. The van der Waals surface area contributed by atoms with Crippen LogP contribution in [0.2, 0.25) is 5.02 Å². The van der Waals surface area contributed by atoms with Gasteiger partial charge in [-0.1, -0.05) is 23.7 Å². The zero-order valence-electron chi connectivity index (χ0n) is 11.8. The molecule has 4 nitrogen and oxygen atoms in total. The van der Waals surface area contributed by atoms with Crippen molar-refractivity contribution in [3.8, 4) is 5.75 Å². The van der Waals surface area contributed by atoms with E-state index in [1.54, 1.807) is 30.3 Å². The van der Waals surface area contributed by atoms with E-state index >= 15 is 0 Å². The Bertz CT molecular complexity index is 650. The van der Waals surface area contributed by atoms with Crippen molar-refractivity contribution in [2.75, 3.05) is 12.4 Å². The first-order chi connectivity index (χ1) is 10.0. The Morgan fingerprint density at radius 1 is 1.33 bits per heavy atom. The van der Waals surface area contributed by atoms with Crippen LogP contribution in [0.3, 0.4) is 0 Å². The molecule has 0 saturated carbocycles. The summed E-state index contributed by atoms with van der Waals surface area (Å²) in [6.07, 6.45) is 0. The van der Waals surface area contributed by atoms with Gasteiger partial charge in [0.2, 0.25) is 0 Å². The fourth-order valence-electron chi connectivity index (χ4n) is 1.96. The minimum absolute atomic E-state index is 0.136. The lowest BCUT2D eigenvalue weighted by molar-refractivity contribution is 0.0601. The highest BCUT2D eigenvalue weighted by Crippen LogP contribution is 2.27. The molecule has 110 valence electrons. The van der Waals surface area contributed by atoms with E-state index < -0.39 is 5.97 Å². The first kappa shape index (κ1) is 15.2. The predicted octanol–water partition coefficient (Wildman–Crippen LogP) is 3.75. The number of esters is 1. The fourth-order valence-corrected chi connectivity index (χ4v) is 2.20. The minimum atomic E-state index is -0.390. The van der Waals surface area contributed by atoms with Crippen molar-refractivity contribution in [3.05, 3.63) is 58.1 Å². The van der Waals surface area contributed by atoms with Crippen LogP contribution >= 0.6 is 11.6 Å². The first-order valence-corrected chi connectivity index (χ1v) is 6.80. The second kappa shape index (κ2) is 6.50. The summed E-state index contributed by atoms with van der Waals surface area (Å²) in [7, 11) is 1.34. The lowest BCUT2D eigenvalue weighted by atomic mass is 10.1. The number of methoxy groups -OCH3 is 1. The number of rotatable bonds is 4. The Labute approximate surface area is 128 Å². The quantitative estimate of drug-likeness (QED) is 0.845. The van der Waals surface area contributed by atoms with Crippen LogP contribution in [-0.4, -0.2) is 18.2 Å². The summed E-state index contributed by atoms with van der Waals surface area (Å²) in [5.41, 5.74) is 2.85. The number of nitrogens with one attached hydrogen (secondary N) is 1. The normalized spacial score (nSPS) is 10.2. The van der Waals surface area contributed by atoms with Crippen LogP contribution in [-0.2, 0) is 11.3 Å². The van der Waals surface area contributed by atoms with Crippen molar-refractivity contribution in [2.45, 2.75) is 13.5 Å². The van der Waals surface area contributed by atoms with Gasteiger partial charge in [0.1, 0.15) is 5.75 Å². The lowest BCUT2D eigenvalue weighted by Crippen LogP contribution is -2.06. The molecule has 0 radical (unpaired) electrons. The molecule has 0 spiro atoms. The Kier molecular flexibility index (Phi) is 4.70. The third-order valence-electron chi connectivity index (χ3n) is 3.21. The van der Waals surface area contributed by atoms with Gasteiger partial charge in [-0.3, -0.25) is 0 Å². The zero-order valence-corrected chi connectivity index (χ0v) is 12.6.